The van der Waals surface area contributed by atoms with E-state index in [0.29, 0.717) is 10.9 Å². The number of aromatic nitrogens is 4. The van der Waals surface area contributed by atoms with Crippen molar-refractivity contribution in [2.24, 2.45) is 0 Å². The molecule has 1 N–H and O–H groups in total. The number of nitrogens with zero attached hydrogens (tertiary/aromatic N) is 4. The molecule has 0 spiro atoms. The monoisotopic (exact) mass is 399 g/mol. The molecule has 0 aliphatic rings. The predicted octanol–water partition coefficient (Wildman–Crippen LogP) is 3.20. The lowest BCUT2D eigenvalue weighted by molar-refractivity contribution is -0.121. The van der Waals surface area contributed by atoms with Crippen molar-refractivity contribution < 1.29 is 9.53 Å². The zero-order valence-electron chi connectivity index (χ0n) is 17.0. The maximum absolute atomic E-state index is 12.8. The average Bonchev–Trinajstić information content (AvgIpc) is 3.08. The molecule has 2 heterocycles. The van der Waals surface area contributed by atoms with Crippen molar-refractivity contribution in [3.63, 3.8) is 0 Å². The first-order valence-electron chi connectivity index (χ1n) is 9.04. The highest BCUT2D eigenvalue weighted by atomic mass is 32.2. The number of thioether (sulfide) groups is 1. The summed E-state index contributed by atoms with van der Waals surface area (Å²) in [5, 5.41) is 8.17. The normalized spacial score (nSPS) is 12.2. The van der Waals surface area contributed by atoms with Gasteiger partial charge in [0.25, 0.3) is 5.78 Å². The highest BCUT2D eigenvalue weighted by molar-refractivity contribution is 7.98. The standard InChI is InChI=1S/C20H25N5O2S/c1-11-7-8-17(27-5)16(9-11)13(3)21-18(26)10-15-12(2)22-19-23-20(28-6)24-25(19)14(15)4/h7-9,13H,10H2,1-6H3,(H,21,26). The van der Waals surface area contributed by atoms with Crippen molar-refractivity contribution in [1.82, 2.24) is 24.9 Å². The van der Waals surface area contributed by atoms with E-state index < -0.39 is 0 Å². The molecule has 1 unspecified atom stereocenters. The molecule has 3 rings (SSSR count). The Kier molecular flexibility index (Phi) is 5.88. The topological polar surface area (TPSA) is 81.4 Å². The van der Waals surface area contributed by atoms with Gasteiger partial charge in [0.15, 0.2) is 0 Å². The molecule has 8 heteroatoms. The number of fused-ring (bicyclic) bond motifs is 1. The van der Waals surface area contributed by atoms with Gasteiger partial charge >= 0.3 is 0 Å². The lowest BCUT2D eigenvalue weighted by Gasteiger charge is -2.18. The molecule has 0 aliphatic heterocycles. The molecule has 0 fully saturated rings. The third-order valence-corrected chi connectivity index (χ3v) is 5.32. The predicted molar refractivity (Wildman–Crippen MR) is 110 cm³/mol. The summed E-state index contributed by atoms with van der Waals surface area (Å²) in [5.74, 6) is 1.25. The van der Waals surface area contributed by atoms with Crippen LogP contribution in [0.2, 0.25) is 0 Å². The number of rotatable bonds is 6. The van der Waals surface area contributed by atoms with Crippen LogP contribution in [-0.2, 0) is 11.2 Å². The number of hydrogen-bond donors (Lipinski definition) is 1. The first-order chi connectivity index (χ1) is 13.3. The van der Waals surface area contributed by atoms with Crippen LogP contribution in [0.25, 0.3) is 5.78 Å². The van der Waals surface area contributed by atoms with Crippen molar-refractivity contribution in [2.45, 2.75) is 45.3 Å². The van der Waals surface area contributed by atoms with Gasteiger partial charge < -0.3 is 10.1 Å². The van der Waals surface area contributed by atoms with Crippen LogP contribution < -0.4 is 10.1 Å². The summed E-state index contributed by atoms with van der Waals surface area (Å²) in [5.41, 5.74) is 4.62. The largest absolute Gasteiger partial charge is 0.496 e. The maximum Gasteiger partial charge on any atom is 0.253 e. The van der Waals surface area contributed by atoms with Crippen LogP contribution in [0.15, 0.2) is 23.4 Å². The van der Waals surface area contributed by atoms with Gasteiger partial charge in [0.05, 0.1) is 19.6 Å². The van der Waals surface area contributed by atoms with Crippen LogP contribution in [0.1, 0.15) is 41.0 Å². The van der Waals surface area contributed by atoms with Crippen LogP contribution >= 0.6 is 11.8 Å². The second kappa shape index (κ2) is 8.18. The summed E-state index contributed by atoms with van der Waals surface area (Å²) in [6.07, 6.45) is 2.15. The number of ether oxygens (including phenoxy) is 1. The fraction of sp³-hybridized carbons (Fsp3) is 0.400. The molecule has 148 valence electrons. The Balaban J connectivity index is 1.82. The Hall–Kier alpha value is -2.61. The van der Waals surface area contributed by atoms with Gasteiger partial charge in [0.2, 0.25) is 11.1 Å². The van der Waals surface area contributed by atoms with Crippen molar-refractivity contribution in [1.29, 1.82) is 0 Å². The summed E-state index contributed by atoms with van der Waals surface area (Å²) in [6.45, 7) is 7.82. The van der Waals surface area contributed by atoms with E-state index in [4.69, 9.17) is 4.74 Å². The lowest BCUT2D eigenvalue weighted by Crippen LogP contribution is -2.29. The number of hydrogen-bond acceptors (Lipinski definition) is 6. The van der Waals surface area contributed by atoms with Crippen LogP contribution in [0, 0.1) is 20.8 Å². The molecular formula is C20H25N5O2S. The van der Waals surface area contributed by atoms with Crippen LogP contribution in [0.3, 0.4) is 0 Å². The van der Waals surface area contributed by atoms with Gasteiger partial charge in [0, 0.05) is 22.5 Å². The number of aryl methyl sites for hydroxylation is 3. The Morgan fingerprint density at radius 2 is 2.04 bits per heavy atom. The Morgan fingerprint density at radius 1 is 1.29 bits per heavy atom. The van der Waals surface area contributed by atoms with Gasteiger partial charge in [0.1, 0.15) is 5.75 Å². The molecule has 0 bridgehead atoms. The summed E-state index contributed by atoms with van der Waals surface area (Å²) < 4.78 is 7.14. The molecule has 1 atom stereocenters. The minimum atomic E-state index is -0.172. The first-order valence-corrected chi connectivity index (χ1v) is 10.3. The molecule has 3 aromatic rings. The zero-order chi connectivity index (χ0) is 20.4. The van der Waals surface area contributed by atoms with Gasteiger partial charge in [-0.2, -0.15) is 4.98 Å². The first kappa shape index (κ1) is 20.1. The second-order valence-electron chi connectivity index (χ2n) is 6.78. The molecule has 2 aromatic heterocycles. The highest BCUT2D eigenvalue weighted by Gasteiger charge is 2.19. The van der Waals surface area contributed by atoms with Gasteiger partial charge in [-0.15, -0.1) is 5.10 Å². The number of benzene rings is 1. The number of amides is 1. The van der Waals surface area contributed by atoms with E-state index in [9.17, 15) is 4.79 Å². The van der Waals surface area contributed by atoms with Gasteiger partial charge in [-0.3, -0.25) is 4.79 Å². The molecule has 28 heavy (non-hydrogen) atoms. The molecule has 1 amide bonds. The van der Waals surface area contributed by atoms with E-state index in [2.05, 4.69) is 20.4 Å². The molecule has 0 radical (unpaired) electrons. The Morgan fingerprint density at radius 3 is 2.71 bits per heavy atom. The number of carbonyl (C=O) groups excluding carboxylic acids is 1. The van der Waals surface area contributed by atoms with Gasteiger partial charge in [-0.1, -0.05) is 29.5 Å². The third kappa shape index (κ3) is 3.96. The van der Waals surface area contributed by atoms with Crippen molar-refractivity contribution in [3.8, 4) is 5.75 Å². The van der Waals surface area contributed by atoms with Gasteiger partial charge in [-0.25, -0.2) is 9.50 Å². The van der Waals surface area contributed by atoms with E-state index in [0.717, 1.165) is 33.8 Å². The number of carbonyl (C=O) groups is 1. The minimum absolute atomic E-state index is 0.0754. The molecule has 0 aliphatic carbocycles. The highest BCUT2D eigenvalue weighted by Crippen LogP contribution is 2.26. The SMILES string of the molecule is COc1ccc(C)cc1C(C)NC(=O)Cc1c(C)nc2nc(SC)nn2c1C. The van der Waals surface area contributed by atoms with E-state index in [1.165, 1.54) is 11.8 Å². The molecule has 0 saturated heterocycles. The van der Waals surface area contributed by atoms with Crippen molar-refractivity contribution in [3.05, 3.63) is 46.3 Å². The van der Waals surface area contributed by atoms with Crippen LogP contribution in [-0.4, -0.2) is 38.9 Å². The lowest BCUT2D eigenvalue weighted by atomic mass is 10.0. The van der Waals surface area contributed by atoms with E-state index in [-0.39, 0.29) is 18.4 Å². The van der Waals surface area contributed by atoms with E-state index in [1.807, 2.05) is 52.1 Å². The quantitative estimate of drug-likeness (QED) is 0.641. The Labute approximate surface area is 168 Å². The fourth-order valence-electron chi connectivity index (χ4n) is 3.26. The average molecular weight is 400 g/mol. The van der Waals surface area contributed by atoms with Crippen LogP contribution in [0.4, 0.5) is 0 Å². The molecule has 1 aromatic carbocycles. The fourth-order valence-corrected chi connectivity index (χ4v) is 3.59. The third-order valence-electron chi connectivity index (χ3n) is 4.78. The molecular weight excluding hydrogens is 374 g/mol. The maximum atomic E-state index is 12.8. The Bertz CT molecular complexity index is 1030. The zero-order valence-corrected chi connectivity index (χ0v) is 17.8. The summed E-state index contributed by atoms with van der Waals surface area (Å²) in [6, 6.07) is 5.78. The second-order valence-corrected chi connectivity index (χ2v) is 7.56. The van der Waals surface area contributed by atoms with E-state index >= 15 is 0 Å². The summed E-state index contributed by atoms with van der Waals surface area (Å²) in [4.78, 5) is 21.6. The van der Waals surface area contributed by atoms with E-state index in [1.54, 1.807) is 11.6 Å². The van der Waals surface area contributed by atoms with Crippen molar-refractivity contribution in [2.75, 3.05) is 13.4 Å². The smallest absolute Gasteiger partial charge is 0.253 e. The number of nitrogens with one attached hydrogen (secondary N) is 1. The number of methoxy groups -OCH3 is 1. The van der Waals surface area contributed by atoms with Crippen molar-refractivity contribution >= 4 is 23.4 Å². The summed E-state index contributed by atoms with van der Waals surface area (Å²) >= 11 is 1.47. The summed E-state index contributed by atoms with van der Waals surface area (Å²) in [7, 11) is 1.64. The molecule has 0 saturated carbocycles. The van der Waals surface area contributed by atoms with Gasteiger partial charge in [-0.05, 0) is 40.0 Å². The van der Waals surface area contributed by atoms with Crippen LogP contribution in [0.5, 0.6) is 5.75 Å². The molecule has 7 nitrogen and oxygen atoms in total. The minimum Gasteiger partial charge on any atom is -0.496 e.